The van der Waals surface area contributed by atoms with Crippen molar-refractivity contribution in [3.8, 4) is 0 Å². The van der Waals surface area contributed by atoms with Gasteiger partial charge in [-0.15, -0.1) is 0 Å². The molecule has 2 unspecified atom stereocenters. The second kappa shape index (κ2) is 3.61. The van der Waals surface area contributed by atoms with E-state index in [-0.39, 0.29) is 29.3 Å². The zero-order chi connectivity index (χ0) is 13.0. The van der Waals surface area contributed by atoms with Crippen LogP contribution in [0.3, 0.4) is 0 Å². The Hall–Kier alpha value is -1.77. The summed E-state index contributed by atoms with van der Waals surface area (Å²) in [5.41, 5.74) is 2.52. The highest BCUT2D eigenvalue weighted by Gasteiger charge is 2.46. The summed E-state index contributed by atoms with van der Waals surface area (Å²) >= 11 is 0. The zero-order valence-electron chi connectivity index (χ0n) is 10.7. The highest BCUT2D eigenvalue weighted by atomic mass is 16.5. The second-order valence-electron chi connectivity index (χ2n) is 5.44. The molecular formula is C15H16O3. The molecule has 1 N–H and O–H groups in total. The normalized spacial score (nSPS) is 29.8. The first-order valence-corrected chi connectivity index (χ1v) is 6.25. The Bertz CT molecular complexity index is 558. The summed E-state index contributed by atoms with van der Waals surface area (Å²) in [7, 11) is 0. The lowest BCUT2D eigenvalue weighted by Crippen LogP contribution is -2.32. The van der Waals surface area contributed by atoms with Gasteiger partial charge in [-0.2, -0.15) is 0 Å². The van der Waals surface area contributed by atoms with Crippen molar-refractivity contribution >= 4 is 5.78 Å². The van der Waals surface area contributed by atoms with Gasteiger partial charge in [0.05, 0.1) is 17.8 Å². The molecule has 0 aromatic rings. The number of aliphatic hydroxyl groups is 1. The number of Topliss-reactive ketones (excluding diaryl/α,β-unsaturated/α-hetero) is 1. The van der Waals surface area contributed by atoms with Gasteiger partial charge in [-0.25, -0.2) is 0 Å². The van der Waals surface area contributed by atoms with E-state index in [2.05, 4.69) is 6.08 Å². The molecule has 1 heterocycles. The third-order valence-corrected chi connectivity index (χ3v) is 3.87. The van der Waals surface area contributed by atoms with Crippen LogP contribution in [0.5, 0.6) is 0 Å². The van der Waals surface area contributed by atoms with Gasteiger partial charge < -0.3 is 9.84 Å². The first-order chi connectivity index (χ1) is 8.50. The van der Waals surface area contributed by atoms with Gasteiger partial charge in [-0.3, -0.25) is 4.79 Å². The minimum atomic E-state index is -0.281. The fourth-order valence-electron chi connectivity index (χ4n) is 3.13. The van der Waals surface area contributed by atoms with Crippen LogP contribution in [0.15, 0.2) is 46.7 Å². The molecule has 3 aliphatic rings. The fourth-order valence-corrected chi connectivity index (χ4v) is 3.13. The molecule has 1 aliphatic heterocycles. The Balaban J connectivity index is 2.21. The van der Waals surface area contributed by atoms with Gasteiger partial charge in [-0.1, -0.05) is 25.5 Å². The first kappa shape index (κ1) is 11.3. The number of carbonyl (C=O) groups is 1. The fraction of sp³-hybridized carbons (Fsp3) is 0.400. The van der Waals surface area contributed by atoms with Crippen LogP contribution < -0.4 is 0 Å². The maximum Gasteiger partial charge on any atom is 0.227 e. The van der Waals surface area contributed by atoms with Gasteiger partial charge >= 0.3 is 0 Å². The molecule has 3 heteroatoms. The van der Waals surface area contributed by atoms with Gasteiger partial charge in [0, 0.05) is 5.92 Å². The van der Waals surface area contributed by atoms with Gasteiger partial charge in [0.1, 0.15) is 5.76 Å². The average molecular weight is 244 g/mol. The van der Waals surface area contributed by atoms with Crippen molar-refractivity contribution < 1.29 is 14.6 Å². The molecule has 3 rings (SSSR count). The Morgan fingerprint density at radius 3 is 2.78 bits per heavy atom. The molecule has 2 atom stereocenters. The lowest BCUT2D eigenvalue weighted by Gasteiger charge is -2.34. The van der Waals surface area contributed by atoms with Crippen LogP contribution in [-0.2, 0) is 9.53 Å². The molecule has 0 radical (unpaired) electrons. The van der Waals surface area contributed by atoms with Crippen molar-refractivity contribution in [1.82, 2.24) is 0 Å². The summed E-state index contributed by atoms with van der Waals surface area (Å²) in [6.45, 7) is 6.02. The number of carbonyl (C=O) groups excluding carboxylic acids is 1. The smallest absolute Gasteiger partial charge is 0.227 e. The van der Waals surface area contributed by atoms with E-state index in [0.717, 1.165) is 16.9 Å². The monoisotopic (exact) mass is 244 g/mol. The van der Waals surface area contributed by atoms with Crippen molar-refractivity contribution in [2.45, 2.75) is 20.8 Å². The minimum absolute atomic E-state index is 0.0329. The molecule has 18 heavy (non-hydrogen) atoms. The van der Waals surface area contributed by atoms with Crippen molar-refractivity contribution in [3.05, 3.63) is 46.7 Å². The zero-order valence-corrected chi connectivity index (χ0v) is 10.7. The number of rotatable bonds is 1. The predicted octanol–water partition coefficient (Wildman–Crippen LogP) is 3.03. The van der Waals surface area contributed by atoms with Crippen molar-refractivity contribution in [1.29, 1.82) is 0 Å². The summed E-state index contributed by atoms with van der Waals surface area (Å²) < 4.78 is 5.49. The van der Waals surface area contributed by atoms with Gasteiger partial charge in [0.25, 0.3) is 0 Å². The van der Waals surface area contributed by atoms with E-state index in [1.54, 1.807) is 0 Å². The molecule has 0 bridgehead atoms. The Kier molecular flexibility index (Phi) is 2.27. The molecule has 3 nitrogen and oxygen atoms in total. The topological polar surface area (TPSA) is 46.5 Å². The molecular weight excluding hydrogens is 228 g/mol. The van der Waals surface area contributed by atoms with E-state index in [4.69, 9.17) is 4.74 Å². The van der Waals surface area contributed by atoms with Gasteiger partial charge in [0.2, 0.25) is 5.78 Å². The molecule has 0 aromatic heterocycles. The predicted molar refractivity (Wildman–Crippen MR) is 67.5 cm³/mol. The molecule has 0 saturated heterocycles. The summed E-state index contributed by atoms with van der Waals surface area (Å²) in [5, 5.41) is 10.1. The molecule has 0 aromatic carbocycles. The quantitative estimate of drug-likeness (QED) is 0.771. The van der Waals surface area contributed by atoms with Crippen LogP contribution >= 0.6 is 0 Å². The van der Waals surface area contributed by atoms with E-state index >= 15 is 0 Å². The molecule has 0 amide bonds. The molecule has 94 valence electrons. The number of ether oxygens (including phenoxy) is 1. The number of allylic oxidation sites excluding steroid dienone is 6. The van der Waals surface area contributed by atoms with E-state index < -0.39 is 0 Å². The number of hydrogen-bond acceptors (Lipinski definition) is 3. The Morgan fingerprint density at radius 1 is 1.39 bits per heavy atom. The standard InChI is InChI=1S/C15H16O3/c1-7(2)12-9-4-8(3)5-11-13(9)10(6-18-11)14(16)15(12)17/h4-7,9,13,17H,1-3H3. The number of aliphatic hydroxyl groups excluding tert-OH is 1. The first-order valence-electron chi connectivity index (χ1n) is 6.25. The van der Waals surface area contributed by atoms with Crippen LogP contribution in [0.1, 0.15) is 20.8 Å². The summed E-state index contributed by atoms with van der Waals surface area (Å²) in [6.07, 6.45) is 5.58. The molecule has 2 aliphatic carbocycles. The van der Waals surface area contributed by atoms with Gasteiger partial charge in [-0.05, 0) is 24.5 Å². The lowest BCUT2D eigenvalue weighted by atomic mass is 9.68. The SMILES string of the molecule is CC1=CC2C(C(C)C)=C(O)C(=O)C3=COC(=C1)C32. The number of ketones is 1. The van der Waals surface area contributed by atoms with E-state index in [1.165, 1.54) is 6.26 Å². The lowest BCUT2D eigenvalue weighted by molar-refractivity contribution is -0.115. The van der Waals surface area contributed by atoms with Crippen LogP contribution in [0.4, 0.5) is 0 Å². The maximum absolute atomic E-state index is 12.1. The third kappa shape index (κ3) is 1.33. The minimum Gasteiger partial charge on any atom is -0.504 e. The summed E-state index contributed by atoms with van der Waals surface area (Å²) in [6, 6.07) is 0. The van der Waals surface area contributed by atoms with Crippen LogP contribution in [0, 0.1) is 17.8 Å². The summed E-state index contributed by atoms with van der Waals surface area (Å²) in [5.74, 6) is 0.619. The third-order valence-electron chi connectivity index (χ3n) is 3.87. The van der Waals surface area contributed by atoms with Crippen molar-refractivity contribution in [2.75, 3.05) is 0 Å². The van der Waals surface area contributed by atoms with Crippen LogP contribution in [0.2, 0.25) is 0 Å². The van der Waals surface area contributed by atoms with Crippen molar-refractivity contribution in [3.63, 3.8) is 0 Å². The molecule has 0 saturated carbocycles. The molecule has 0 fully saturated rings. The Labute approximate surface area is 106 Å². The maximum atomic E-state index is 12.1. The van der Waals surface area contributed by atoms with Gasteiger partial charge in [0.15, 0.2) is 5.76 Å². The van der Waals surface area contributed by atoms with Crippen molar-refractivity contribution in [2.24, 2.45) is 17.8 Å². The van der Waals surface area contributed by atoms with Crippen LogP contribution in [-0.4, -0.2) is 10.9 Å². The molecule has 0 spiro atoms. The highest BCUT2D eigenvalue weighted by Crippen LogP contribution is 2.49. The number of hydrogen-bond donors (Lipinski definition) is 1. The van der Waals surface area contributed by atoms with E-state index in [1.807, 2.05) is 26.8 Å². The average Bonchev–Trinajstić information content (AvgIpc) is 2.69. The largest absolute Gasteiger partial charge is 0.504 e. The highest BCUT2D eigenvalue weighted by molar-refractivity contribution is 6.09. The Morgan fingerprint density at radius 2 is 2.11 bits per heavy atom. The van der Waals surface area contributed by atoms with E-state index in [9.17, 15) is 9.90 Å². The van der Waals surface area contributed by atoms with Crippen LogP contribution in [0.25, 0.3) is 0 Å². The second-order valence-corrected chi connectivity index (χ2v) is 5.44. The summed E-state index contributed by atoms with van der Waals surface area (Å²) in [4.78, 5) is 12.1. The van der Waals surface area contributed by atoms with E-state index in [0.29, 0.717) is 5.57 Å².